The van der Waals surface area contributed by atoms with Crippen LogP contribution in [-0.2, 0) is 4.79 Å². The molecule has 2 heterocycles. The third kappa shape index (κ3) is 3.78. The number of hydrogen-bond acceptors (Lipinski definition) is 4. The van der Waals surface area contributed by atoms with Crippen molar-refractivity contribution in [2.75, 3.05) is 32.7 Å². The Balaban J connectivity index is 1.48. The van der Waals surface area contributed by atoms with Gasteiger partial charge in [0.25, 0.3) is 17.7 Å². The van der Waals surface area contributed by atoms with Crippen LogP contribution in [0.4, 0.5) is 0 Å². The molecule has 0 unspecified atom stereocenters. The Kier molecular flexibility index (Phi) is 5.15. The van der Waals surface area contributed by atoms with E-state index < -0.39 is 0 Å². The van der Waals surface area contributed by atoms with Crippen molar-refractivity contribution in [3.63, 3.8) is 0 Å². The van der Waals surface area contributed by atoms with Crippen LogP contribution in [-0.4, -0.2) is 71.1 Å². The summed E-state index contributed by atoms with van der Waals surface area (Å²) in [6.07, 6.45) is 2.70. The lowest BCUT2D eigenvalue weighted by Gasteiger charge is -2.22. The first-order chi connectivity index (χ1) is 13.9. The molecule has 1 aromatic rings. The number of rotatable bonds is 4. The second-order valence-electron chi connectivity index (χ2n) is 8.62. The van der Waals surface area contributed by atoms with Crippen LogP contribution >= 0.6 is 0 Å². The Morgan fingerprint density at radius 3 is 2.31 bits per heavy atom. The van der Waals surface area contributed by atoms with E-state index >= 15 is 0 Å². The number of imide groups is 1. The van der Waals surface area contributed by atoms with Gasteiger partial charge >= 0.3 is 0 Å². The van der Waals surface area contributed by atoms with E-state index in [0.717, 1.165) is 19.3 Å². The highest BCUT2D eigenvalue weighted by Gasteiger charge is 2.37. The Bertz CT molecular complexity index is 875. The fraction of sp³-hybridized carbons (Fsp3) is 0.545. The smallest absolute Gasteiger partial charge is 0.261 e. The predicted molar refractivity (Wildman–Crippen MR) is 106 cm³/mol. The summed E-state index contributed by atoms with van der Waals surface area (Å²) in [4.78, 5) is 55.4. The minimum absolute atomic E-state index is 0.156. The molecule has 2 fully saturated rings. The quantitative estimate of drug-likeness (QED) is 0.729. The lowest BCUT2D eigenvalue weighted by molar-refractivity contribution is -0.132. The molecule has 0 spiro atoms. The fourth-order valence-electron chi connectivity index (χ4n) is 4.07. The van der Waals surface area contributed by atoms with E-state index in [1.807, 2.05) is 18.7 Å². The van der Waals surface area contributed by atoms with E-state index in [1.54, 1.807) is 23.1 Å². The summed E-state index contributed by atoms with van der Waals surface area (Å²) < 4.78 is 0. The van der Waals surface area contributed by atoms with Gasteiger partial charge in [0.05, 0.1) is 11.1 Å². The van der Waals surface area contributed by atoms with Crippen molar-refractivity contribution >= 4 is 23.6 Å². The highest BCUT2D eigenvalue weighted by Crippen LogP contribution is 2.31. The maximum Gasteiger partial charge on any atom is 0.261 e. The van der Waals surface area contributed by atoms with Crippen molar-refractivity contribution in [3.05, 3.63) is 34.9 Å². The van der Waals surface area contributed by atoms with Gasteiger partial charge in [-0.25, -0.2) is 0 Å². The van der Waals surface area contributed by atoms with Gasteiger partial charge < -0.3 is 9.80 Å². The van der Waals surface area contributed by atoms with Gasteiger partial charge in [0.1, 0.15) is 0 Å². The number of carbonyl (C=O) groups excluding carboxylic acids is 4. The summed E-state index contributed by atoms with van der Waals surface area (Å²) in [6.45, 7) is 6.57. The van der Waals surface area contributed by atoms with Crippen LogP contribution in [0, 0.1) is 11.8 Å². The molecule has 4 amide bonds. The molecule has 154 valence electrons. The van der Waals surface area contributed by atoms with Crippen LogP contribution in [0.1, 0.15) is 64.2 Å². The van der Waals surface area contributed by atoms with E-state index in [0.29, 0.717) is 49.4 Å². The van der Waals surface area contributed by atoms with Crippen LogP contribution in [0.25, 0.3) is 0 Å². The minimum atomic E-state index is -0.328. The lowest BCUT2D eigenvalue weighted by Crippen LogP contribution is -2.38. The molecule has 0 aromatic heterocycles. The SMILES string of the molecule is CC(C)CN1C(=O)c2ccc(C(=O)N3CCCN(C(=O)C4CC4)CC3)cc2C1=O. The molecular formula is C22H27N3O4. The van der Waals surface area contributed by atoms with Crippen LogP contribution in [0.3, 0.4) is 0 Å². The number of nitrogens with zero attached hydrogens (tertiary/aromatic N) is 3. The number of fused-ring (bicyclic) bond motifs is 1. The predicted octanol–water partition coefficient (Wildman–Crippen LogP) is 2.02. The number of benzene rings is 1. The summed E-state index contributed by atoms with van der Waals surface area (Å²) >= 11 is 0. The number of hydrogen-bond donors (Lipinski definition) is 0. The Morgan fingerprint density at radius 2 is 1.62 bits per heavy atom. The van der Waals surface area contributed by atoms with Gasteiger partial charge in [-0.05, 0) is 43.4 Å². The summed E-state index contributed by atoms with van der Waals surface area (Å²) in [5.41, 5.74) is 1.09. The van der Waals surface area contributed by atoms with Crippen molar-refractivity contribution in [1.29, 1.82) is 0 Å². The minimum Gasteiger partial charge on any atom is -0.341 e. The molecule has 3 aliphatic rings. The second-order valence-corrected chi connectivity index (χ2v) is 8.62. The summed E-state index contributed by atoms with van der Waals surface area (Å²) in [7, 11) is 0. The van der Waals surface area contributed by atoms with E-state index in [1.165, 1.54) is 4.90 Å². The Hall–Kier alpha value is -2.70. The molecule has 1 saturated heterocycles. The average molecular weight is 397 g/mol. The second kappa shape index (κ2) is 7.61. The monoisotopic (exact) mass is 397 g/mol. The molecule has 1 aromatic carbocycles. The summed E-state index contributed by atoms with van der Waals surface area (Å²) in [5.74, 6) is -0.197. The van der Waals surface area contributed by atoms with Gasteiger partial charge in [-0.2, -0.15) is 0 Å². The molecule has 29 heavy (non-hydrogen) atoms. The van der Waals surface area contributed by atoms with Crippen molar-refractivity contribution < 1.29 is 19.2 Å². The normalized spacial score (nSPS) is 19.6. The van der Waals surface area contributed by atoms with Crippen molar-refractivity contribution in [2.24, 2.45) is 11.8 Å². The van der Waals surface area contributed by atoms with Crippen molar-refractivity contribution in [1.82, 2.24) is 14.7 Å². The molecule has 7 heteroatoms. The Morgan fingerprint density at radius 1 is 0.966 bits per heavy atom. The lowest BCUT2D eigenvalue weighted by atomic mass is 10.0. The van der Waals surface area contributed by atoms with Gasteiger partial charge in [0.2, 0.25) is 5.91 Å². The van der Waals surface area contributed by atoms with Crippen LogP contribution < -0.4 is 0 Å². The molecule has 0 radical (unpaired) electrons. The molecule has 7 nitrogen and oxygen atoms in total. The fourth-order valence-corrected chi connectivity index (χ4v) is 4.07. The van der Waals surface area contributed by atoms with Crippen molar-refractivity contribution in [2.45, 2.75) is 33.1 Å². The third-order valence-electron chi connectivity index (χ3n) is 5.79. The van der Waals surface area contributed by atoms with Crippen LogP contribution in [0.15, 0.2) is 18.2 Å². The van der Waals surface area contributed by atoms with Crippen LogP contribution in [0.2, 0.25) is 0 Å². The summed E-state index contributed by atoms with van der Waals surface area (Å²) in [6, 6.07) is 4.77. The molecule has 2 aliphatic heterocycles. The average Bonchev–Trinajstić information content (AvgIpc) is 3.54. The van der Waals surface area contributed by atoms with E-state index in [-0.39, 0.29) is 35.5 Å². The zero-order valence-corrected chi connectivity index (χ0v) is 17.0. The highest BCUT2D eigenvalue weighted by molar-refractivity contribution is 6.22. The first kappa shape index (κ1) is 19.6. The Labute approximate surface area is 170 Å². The highest BCUT2D eigenvalue weighted by atomic mass is 16.2. The topological polar surface area (TPSA) is 78.0 Å². The van der Waals surface area contributed by atoms with Gasteiger partial charge in [-0.15, -0.1) is 0 Å². The molecule has 1 saturated carbocycles. The molecule has 0 atom stereocenters. The summed E-state index contributed by atoms with van der Waals surface area (Å²) in [5, 5.41) is 0. The molecule has 1 aliphatic carbocycles. The number of amides is 4. The van der Waals surface area contributed by atoms with Gasteiger partial charge in [0, 0.05) is 44.2 Å². The van der Waals surface area contributed by atoms with E-state index in [9.17, 15) is 19.2 Å². The largest absolute Gasteiger partial charge is 0.341 e. The maximum absolute atomic E-state index is 13.0. The standard InChI is InChI=1S/C22H27N3O4/c1-14(2)13-25-21(28)17-7-6-16(12-18(17)22(25)29)20(27)24-9-3-8-23(10-11-24)19(26)15-4-5-15/h6-7,12,14-15H,3-5,8-11,13H2,1-2H3. The first-order valence-corrected chi connectivity index (χ1v) is 10.4. The van der Waals surface area contributed by atoms with Crippen LogP contribution in [0.5, 0.6) is 0 Å². The zero-order chi connectivity index (χ0) is 20.7. The van der Waals surface area contributed by atoms with Gasteiger partial charge in [0.15, 0.2) is 0 Å². The molecule has 4 rings (SSSR count). The van der Waals surface area contributed by atoms with Gasteiger partial charge in [-0.3, -0.25) is 24.1 Å². The van der Waals surface area contributed by atoms with E-state index in [2.05, 4.69) is 0 Å². The molecule has 0 N–H and O–H groups in total. The number of carbonyl (C=O) groups is 4. The third-order valence-corrected chi connectivity index (χ3v) is 5.79. The zero-order valence-electron chi connectivity index (χ0n) is 17.0. The molecular weight excluding hydrogens is 370 g/mol. The molecule has 0 bridgehead atoms. The van der Waals surface area contributed by atoms with E-state index in [4.69, 9.17) is 0 Å². The van der Waals surface area contributed by atoms with Gasteiger partial charge in [-0.1, -0.05) is 13.8 Å². The maximum atomic E-state index is 13.0. The van der Waals surface area contributed by atoms with Crippen molar-refractivity contribution in [3.8, 4) is 0 Å². The first-order valence-electron chi connectivity index (χ1n) is 10.4.